The highest BCUT2D eigenvalue weighted by Crippen LogP contribution is 2.35. The summed E-state index contributed by atoms with van der Waals surface area (Å²) in [6, 6.07) is 3.98. The Bertz CT molecular complexity index is 610. The highest BCUT2D eigenvalue weighted by Gasteiger charge is 2.43. The van der Waals surface area contributed by atoms with Crippen LogP contribution in [-0.4, -0.2) is 55.1 Å². The van der Waals surface area contributed by atoms with E-state index in [1.165, 1.54) is 0 Å². The minimum atomic E-state index is -0.163. The summed E-state index contributed by atoms with van der Waals surface area (Å²) in [5.41, 5.74) is 1.82. The Balaban J connectivity index is 1.80. The first kappa shape index (κ1) is 18.2. The first-order valence-electron chi connectivity index (χ1n) is 9.06. The molecule has 25 heavy (non-hydrogen) atoms. The zero-order valence-electron chi connectivity index (χ0n) is 15.3. The first-order valence-corrected chi connectivity index (χ1v) is 9.06. The van der Waals surface area contributed by atoms with Crippen molar-refractivity contribution >= 4 is 0 Å². The van der Waals surface area contributed by atoms with Gasteiger partial charge in [0.25, 0.3) is 0 Å². The number of phenols is 1. The molecule has 2 aliphatic heterocycles. The lowest BCUT2D eigenvalue weighted by Crippen LogP contribution is -2.55. The number of nitrogens with zero attached hydrogens (tertiary/aromatic N) is 1. The second-order valence-electron chi connectivity index (χ2n) is 7.10. The zero-order valence-corrected chi connectivity index (χ0v) is 15.3. The number of ether oxygens (including phenoxy) is 3. The van der Waals surface area contributed by atoms with Crippen LogP contribution >= 0.6 is 0 Å². The van der Waals surface area contributed by atoms with Gasteiger partial charge in [0.15, 0.2) is 11.5 Å². The maximum absolute atomic E-state index is 10.3. The van der Waals surface area contributed by atoms with Crippen molar-refractivity contribution in [2.24, 2.45) is 0 Å². The summed E-state index contributed by atoms with van der Waals surface area (Å²) >= 11 is 0. The summed E-state index contributed by atoms with van der Waals surface area (Å²) in [5, 5.41) is 10.3. The quantitative estimate of drug-likeness (QED) is 0.802. The highest BCUT2D eigenvalue weighted by molar-refractivity contribution is 5.49. The summed E-state index contributed by atoms with van der Waals surface area (Å²) in [6.45, 7) is 10.0. The fourth-order valence-corrected chi connectivity index (χ4v) is 3.87. The van der Waals surface area contributed by atoms with Crippen molar-refractivity contribution in [3.63, 3.8) is 0 Å². The van der Waals surface area contributed by atoms with Gasteiger partial charge in [-0.3, -0.25) is 4.90 Å². The van der Waals surface area contributed by atoms with Crippen molar-refractivity contribution in [3.8, 4) is 11.5 Å². The number of methoxy groups -OCH3 is 1. The molecule has 1 aromatic carbocycles. The summed E-state index contributed by atoms with van der Waals surface area (Å²) in [6.07, 6.45) is 4.61. The molecule has 1 N–H and O–H groups in total. The van der Waals surface area contributed by atoms with E-state index in [4.69, 9.17) is 14.2 Å². The maximum Gasteiger partial charge on any atom is 0.161 e. The van der Waals surface area contributed by atoms with E-state index in [1.807, 2.05) is 12.1 Å². The fourth-order valence-electron chi connectivity index (χ4n) is 3.87. The smallest absolute Gasteiger partial charge is 0.161 e. The van der Waals surface area contributed by atoms with Crippen molar-refractivity contribution in [2.75, 3.05) is 33.4 Å². The number of hydrogen-bond donors (Lipinski definition) is 1. The van der Waals surface area contributed by atoms with E-state index in [1.54, 1.807) is 13.2 Å². The third-order valence-electron chi connectivity index (χ3n) is 5.12. The topological polar surface area (TPSA) is 51.2 Å². The molecule has 0 radical (unpaired) electrons. The zero-order chi connectivity index (χ0) is 17.9. The van der Waals surface area contributed by atoms with E-state index in [0.717, 1.165) is 50.2 Å². The minimum absolute atomic E-state index is 0.163. The third kappa shape index (κ3) is 4.00. The molecule has 0 bridgehead atoms. The Morgan fingerprint density at radius 2 is 2.32 bits per heavy atom. The van der Waals surface area contributed by atoms with Gasteiger partial charge in [-0.25, -0.2) is 0 Å². The summed E-state index contributed by atoms with van der Waals surface area (Å²) in [5.74, 6) is 0.730. The molecule has 0 aliphatic carbocycles. The molecular weight excluding hydrogens is 318 g/mol. The molecule has 0 aromatic heterocycles. The Labute approximate surface area is 150 Å². The van der Waals surface area contributed by atoms with Gasteiger partial charge in [-0.15, -0.1) is 6.58 Å². The van der Waals surface area contributed by atoms with Gasteiger partial charge in [-0.05, 0) is 24.5 Å². The van der Waals surface area contributed by atoms with Crippen molar-refractivity contribution < 1.29 is 19.3 Å². The van der Waals surface area contributed by atoms with Gasteiger partial charge in [-0.2, -0.15) is 0 Å². The number of allylic oxidation sites excluding steroid dienone is 1. The van der Waals surface area contributed by atoms with Crippen LogP contribution in [0.15, 0.2) is 24.8 Å². The summed E-state index contributed by atoms with van der Waals surface area (Å²) < 4.78 is 17.3. The molecule has 0 amide bonds. The van der Waals surface area contributed by atoms with Gasteiger partial charge in [-0.1, -0.05) is 19.1 Å². The number of phenolic OH excluding ortho intramolecular Hbond substituents is 1. The lowest BCUT2D eigenvalue weighted by atomic mass is 9.97. The van der Waals surface area contributed by atoms with E-state index in [2.05, 4.69) is 18.4 Å². The third-order valence-corrected chi connectivity index (χ3v) is 5.12. The Morgan fingerprint density at radius 3 is 2.96 bits per heavy atom. The number of benzene rings is 1. The molecule has 2 aliphatic rings. The highest BCUT2D eigenvalue weighted by atomic mass is 16.6. The predicted octanol–water partition coefficient (Wildman–Crippen LogP) is 2.90. The first-order chi connectivity index (χ1) is 12.1. The van der Waals surface area contributed by atoms with E-state index in [0.29, 0.717) is 18.8 Å². The number of hydrogen-bond acceptors (Lipinski definition) is 5. The standard InChI is InChI=1S/C20H29NO4/c1-4-6-16-9-15(10-18(23-3)19(16)22)11-21-12-17(5-2)25-20(13-21)7-8-24-14-20/h4,9-10,17,22H,1,5-8,11-14H2,2-3H3/t17-,20-/m1/s1. The molecule has 2 fully saturated rings. The Kier molecular flexibility index (Phi) is 5.67. The number of aromatic hydroxyl groups is 1. The monoisotopic (exact) mass is 347 g/mol. The van der Waals surface area contributed by atoms with Gasteiger partial charge in [0.2, 0.25) is 0 Å². The van der Waals surface area contributed by atoms with Crippen LogP contribution in [0.25, 0.3) is 0 Å². The van der Waals surface area contributed by atoms with Crippen LogP contribution in [0.4, 0.5) is 0 Å². The second kappa shape index (κ2) is 7.77. The SMILES string of the molecule is C=CCc1cc(CN2C[C@@H](CC)O[C@]3(CCOC3)C2)cc(OC)c1O. The maximum atomic E-state index is 10.3. The van der Waals surface area contributed by atoms with Crippen molar-refractivity contribution in [1.82, 2.24) is 4.90 Å². The molecule has 3 rings (SSSR count). The molecule has 0 saturated carbocycles. The van der Waals surface area contributed by atoms with Crippen LogP contribution in [0.2, 0.25) is 0 Å². The van der Waals surface area contributed by atoms with Crippen LogP contribution in [-0.2, 0) is 22.4 Å². The van der Waals surface area contributed by atoms with Crippen molar-refractivity contribution in [2.45, 2.75) is 44.4 Å². The van der Waals surface area contributed by atoms with Crippen LogP contribution in [0.3, 0.4) is 0 Å². The van der Waals surface area contributed by atoms with Gasteiger partial charge in [0.1, 0.15) is 5.60 Å². The molecule has 2 heterocycles. The van der Waals surface area contributed by atoms with Crippen molar-refractivity contribution in [3.05, 3.63) is 35.9 Å². The molecule has 5 heteroatoms. The average Bonchev–Trinajstić information content (AvgIpc) is 3.04. The largest absolute Gasteiger partial charge is 0.504 e. The van der Waals surface area contributed by atoms with E-state index in [9.17, 15) is 5.11 Å². The summed E-state index contributed by atoms with van der Waals surface area (Å²) in [4.78, 5) is 2.44. The Morgan fingerprint density at radius 1 is 1.48 bits per heavy atom. The van der Waals surface area contributed by atoms with Crippen LogP contribution < -0.4 is 4.74 Å². The number of morpholine rings is 1. The molecule has 0 unspecified atom stereocenters. The average molecular weight is 347 g/mol. The molecular formula is C20H29NO4. The molecule has 138 valence electrons. The minimum Gasteiger partial charge on any atom is -0.504 e. The van der Waals surface area contributed by atoms with E-state index < -0.39 is 0 Å². The molecule has 5 nitrogen and oxygen atoms in total. The van der Waals surface area contributed by atoms with Crippen LogP contribution in [0.5, 0.6) is 11.5 Å². The van der Waals surface area contributed by atoms with Gasteiger partial charge in [0.05, 0.1) is 19.8 Å². The molecule has 1 spiro atoms. The van der Waals surface area contributed by atoms with Crippen LogP contribution in [0.1, 0.15) is 30.9 Å². The summed E-state index contributed by atoms with van der Waals surface area (Å²) in [7, 11) is 1.59. The van der Waals surface area contributed by atoms with Gasteiger partial charge < -0.3 is 19.3 Å². The van der Waals surface area contributed by atoms with Crippen LogP contribution in [0, 0.1) is 0 Å². The van der Waals surface area contributed by atoms with E-state index >= 15 is 0 Å². The Hall–Kier alpha value is -1.56. The fraction of sp³-hybridized carbons (Fsp3) is 0.600. The predicted molar refractivity (Wildman–Crippen MR) is 97.2 cm³/mol. The molecule has 2 atom stereocenters. The number of rotatable bonds is 6. The molecule has 1 aromatic rings. The van der Waals surface area contributed by atoms with Gasteiger partial charge >= 0.3 is 0 Å². The normalized spacial score (nSPS) is 26.9. The lowest BCUT2D eigenvalue weighted by Gasteiger charge is -2.43. The lowest BCUT2D eigenvalue weighted by molar-refractivity contribution is -0.156. The second-order valence-corrected chi connectivity index (χ2v) is 7.10. The van der Waals surface area contributed by atoms with Crippen molar-refractivity contribution in [1.29, 1.82) is 0 Å². The van der Waals surface area contributed by atoms with E-state index in [-0.39, 0.29) is 17.5 Å². The molecule has 2 saturated heterocycles. The van der Waals surface area contributed by atoms with Gasteiger partial charge in [0, 0.05) is 38.2 Å².